The highest BCUT2D eigenvalue weighted by Crippen LogP contribution is 2.26. The molecule has 0 aromatic heterocycles. The van der Waals surface area contributed by atoms with Gasteiger partial charge in [-0.05, 0) is 12.5 Å². The molecular formula is C12H19NO3. The van der Waals surface area contributed by atoms with Gasteiger partial charge in [0.2, 0.25) is 0 Å². The smallest absolute Gasteiger partial charge is 0.124 e. The maximum Gasteiger partial charge on any atom is 0.124 e. The highest BCUT2D eigenvalue weighted by Gasteiger charge is 2.14. The zero-order valence-electron chi connectivity index (χ0n) is 9.56. The Hall–Kier alpha value is -1.10. The minimum absolute atomic E-state index is 0.128. The summed E-state index contributed by atoms with van der Waals surface area (Å²) in [5, 5.41) is 8.69. The van der Waals surface area contributed by atoms with Crippen molar-refractivity contribution in [3.8, 4) is 5.75 Å². The van der Waals surface area contributed by atoms with Crippen LogP contribution in [0, 0.1) is 0 Å². The minimum atomic E-state index is -0.178. The van der Waals surface area contributed by atoms with Crippen LogP contribution in [0.5, 0.6) is 5.75 Å². The molecule has 0 aliphatic heterocycles. The van der Waals surface area contributed by atoms with Gasteiger partial charge in [0.25, 0.3) is 0 Å². The first-order valence-corrected chi connectivity index (χ1v) is 5.39. The molecule has 0 bridgehead atoms. The fourth-order valence-corrected chi connectivity index (χ4v) is 1.51. The molecule has 0 aliphatic carbocycles. The molecule has 0 fully saturated rings. The van der Waals surface area contributed by atoms with Crippen LogP contribution in [0.25, 0.3) is 0 Å². The molecule has 0 saturated carbocycles. The number of rotatable bonds is 7. The van der Waals surface area contributed by atoms with Gasteiger partial charge >= 0.3 is 0 Å². The second kappa shape index (κ2) is 7.22. The summed E-state index contributed by atoms with van der Waals surface area (Å²) in [6, 6.07) is 7.66. The van der Waals surface area contributed by atoms with Crippen LogP contribution in [0.15, 0.2) is 24.3 Å². The van der Waals surface area contributed by atoms with Crippen LogP contribution in [0.1, 0.15) is 18.1 Å². The van der Waals surface area contributed by atoms with Crippen molar-refractivity contribution in [2.75, 3.05) is 26.9 Å². The molecular weight excluding hydrogens is 206 g/mol. The van der Waals surface area contributed by atoms with E-state index in [2.05, 4.69) is 0 Å². The molecule has 4 heteroatoms. The van der Waals surface area contributed by atoms with Crippen LogP contribution < -0.4 is 10.5 Å². The van der Waals surface area contributed by atoms with Crippen LogP contribution in [-0.2, 0) is 4.74 Å². The normalized spacial score (nSPS) is 12.4. The van der Waals surface area contributed by atoms with Crippen molar-refractivity contribution in [1.29, 1.82) is 0 Å². The lowest BCUT2D eigenvalue weighted by Gasteiger charge is -2.18. The van der Waals surface area contributed by atoms with Gasteiger partial charge in [0, 0.05) is 25.3 Å². The first kappa shape index (κ1) is 13.0. The van der Waals surface area contributed by atoms with Gasteiger partial charge in [-0.2, -0.15) is 0 Å². The molecule has 1 aromatic carbocycles. The Balaban J connectivity index is 2.69. The molecule has 1 aromatic rings. The summed E-state index contributed by atoms with van der Waals surface area (Å²) in [5.74, 6) is 0.780. The van der Waals surface area contributed by atoms with E-state index in [0.717, 1.165) is 11.3 Å². The third-order valence-electron chi connectivity index (χ3n) is 2.32. The number of aliphatic hydroxyl groups excluding tert-OH is 1. The van der Waals surface area contributed by atoms with Gasteiger partial charge in [-0.1, -0.05) is 18.2 Å². The number of hydrogen-bond donors (Lipinski definition) is 2. The molecule has 1 unspecified atom stereocenters. The Morgan fingerprint density at radius 3 is 2.75 bits per heavy atom. The third kappa shape index (κ3) is 3.48. The number of hydrogen-bond acceptors (Lipinski definition) is 4. The lowest BCUT2D eigenvalue weighted by Crippen LogP contribution is -2.17. The van der Waals surface area contributed by atoms with Crippen molar-refractivity contribution in [2.45, 2.75) is 12.5 Å². The first-order valence-electron chi connectivity index (χ1n) is 5.39. The molecule has 0 amide bonds. The number of methoxy groups -OCH3 is 1. The summed E-state index contributed by atoms with van der Waals surface area (Å²) in [6.45, 7) is 1.02. The van der Waals surface area contributed by atoms with Gasteiger partial charge in [-0.25, -0.2) is 0 Å². The van der Waals surface area contributed by atoms with Crippen LogP contribution in [0.4, 0.5) is 0 Å². The van der Waals surface area contributed by atoms with Crippen molar-refractivity contribution in [3.05, 3.63) is 29.8 Å². The summed E-state index contributed by atoms with van der Waals surface area (Å²) in [5.41, 5.74) is 6.62. The van der Waals surface area contributed by atoms with Crippen molar-refractivity contribution < 1.29 is 14.6 Å². The molecule has 0 aliphatic rings. The van der Waals surface area contributed by atoms with E-state index in [1.807, 2.05) is 24.3 Å². The van der Waals surface area contributed by atoms with Gasteiger partial charge in [0.15, 0.2) is 0 Å². The zero-order chi connectivity index (χ0) is 11.8. The van der Waals surface area contributed by atoms with E-state index in [4.69, 9.17) is 20.3 Å². The number of para-hydroxylation sites is 1. The maximum absolute atomic E-state index is 8.69. The molecule has 4 nitrogen and oxygen atoms in total. The van der Waals surface area contributed by atoms with E-state index in [9.17, 15) is 0 Å². The number of benzene rings is 1. The average molecular weight is 225 g/mol. The number of nitrogens with two attached hydrogens (primary N) is 1. The summed E-state index contributed by atoms with van der Waals surface area (Å²) in [6.07, 6.45) is 0.439. The minimum Gasteiger partial charge on any atom is -0.496 e. The van der Waals surface area contributed by atoms with E-state index in [1.54, 1.807) is 7.11 Å². The number of aliphatic hydroxyl groups is 1. The highest BCUT2D eigenvalue weighted by atomic mass is 16.5. The molecule has 0 radical (unpaired) electrons. The predicted octanol–water partition coefficient (Wildman–Crippen LogP) is 1.09. The Bertz CT molecular complexity index is 304. The largest absolute Gasteiger partial charge is 0.496 e. The fraction of sp³-hybridized carbons (Fsp3) is 0.500. The lowest BCUT2D eigenvalue weighted by atomic mass is 10.1. The van der Waals surface area contributed by atoms with Crippen LogP contribution in [0.3, 0.4) is 0 Å². The van der Waals surface area contributed by atoms with E-state index >= 15 is 0 Å². The van der Waals surface area contributed by atoms with Gasteiger partial charge < -0.3 is 20.3 Å². The standard InChI is InChI=1S/C12H19NO3/c1-15-11-6-3-2-5-10(11)12(9-13)16-8-4-7-14/h2-3,5-6,12,14H,4,7-9,13H2,1H3. The Labute approximate surface area is 96.0 Å². The third-order valence-corrected chi connectivity index (χ3v) is 2.32. The van der Waals surface area contributed by atoms with Gasteiger partial charge in [0.05, 0.1) is 13.2 Å². The average Bonchev–Trinajstić information content (AvgIpc) is 2.35. The van der Waals surface area contributed by atoms with Gasteiger partial charge in [-0.15, -0.1) is 0 Å². The summed E-state index contributed by atoms with van der Waals surface area (Å²) < 4.78 is 10.8. The monoisotopic (exact) mass is 225 g/mol. The molecule has 0 heterocycles. The topological polar surface area (TPSA) is 64.7 Å². The second-order valence-corrected chi connectivity index (χ2v) is 3.41. The Morgan fingerprint density at radius 1 is 1.38 bits per heavy atom. The van der Waals surface area contributed by atoms with Crippen molar-refractivity contribution >= 4 is 0 Å². The molecule has 1 rings (SSSR count). The number of ether oxygens (including phenoxy) is 2. The second-order valence-electron chi connectivity index (χ2n) is 3.41. The van der Waals surface area contributed by atoms with Crippen molar-refractivity contribution in [2.24, 2.45) is 5.73 Å². The first-order chi connectivity index (χ1) is 7.83. The summed E-state index contributed by atoms with van der Waals surface area (Å²) in [4.78, 5) is 0. The maximum atomic E-state index is 8.69. The van der Waals surface area contributed by atoms with Gasteiger partial charge in [0.1, 0.15) is 5.75 Å². The zero-order valence-corrected chi connectivity index (χ0v) is 9.56. The molecule has 16 heavy (non-hydrogen) atoms. The summed E-state index contributed by atoms with van der Waals surface area (Å²) >= 11 is 0. The lowest BCUT2D eigenvalue weighted by molar-refractivity contribution is 0.0474. The van der Waals surface area contributed by atoms with Crippen LogP contribution >= 0.6 is 0 Å². The Kier molecular flexibility index (Phi) is 5.85. The quantitative estimate of drug-likeness (QED) is 0.682. The molecule has 0 saturated heterocycles. The van der Waals surface area contributed by atoms with E-state index < -0.39 is 0 Å². The molecule has 3 N–H and O–H groups in total. The SMILES string of the molecule is COc1ccccc1C(CN)OCCCO. The van der Waals surface area contributed by atoms with Crippen molar-refractivity contribution in [3.63, 3.8) is 0 Å². The van der Waals surface area contributed by atoms with E-state index in [-0.39, 0.29) is 12.7 Å². The summed E-state index contributed by atoms with van der Waals surface area (Å²) in [7, 11) is 1.63. The Morgan fingerprint density at radius 2 is 2.12 bits per heavy atom. The molecule has 0 spiro atoms. The van der Waals surface area contributed by atoms with Crippen LogP contribution in [-0.4, -0.2) is 32.0 Å². The predicted molar refractivity (Wildman–Crippen MR) is 62.4 cm³/mol. The van der Waals surface area contributed by atoms with E-state index in [0.29, 0.717) is 19.6 Å². The van der Waals surface area contributed by atoms with E-state index in [1.165, 1.54) is 0 Å². The fourth-order valence-electron chi connectivity index (χ4n) is 1.51. The molecule has 90 valence electrons. The molecule has 1 atom stereocenters. The van der Waals surface area contributed by atoms with Crippen molar-refractivity contribution in [1.82, 2.24) is 0 Å². The van der Waals surface area contributed by atoms with Crippen LogP contribution in [0.2, 0.25) is 0 Å². The highest BCUT2D eigenvalue weighted by molar-refractivity contribution is 5.35. The van der Waals surface area contributed by atoms with Gasteiger partial charge in [-0.3, -0.25) is 0 Å².